The molecule has 0 fully saturated rings. The second kappa shape index (κ2) is 12.5. The molecule has 0 unspecified atom stereocenters. The number of carbonyl (C=O) groups is 2. The van der Waals surface area contributed by atoms with E-state index in [4.69, 9.17) is 0 Å². The first kappa shape index (κ1) is 24.1. The third kappa shape index (κ3) is 6.13. The summed E-state index contributed by atoms with van der Waals surface area (Å²) in [5.41, 5.74) is 3.34. The zero-order chi connectivity index (χ0) is 19.8. The van der Waals surface area contributed by atoms with Crippen molar-refractivity contribution < 1.29 is 9.59 Å². The molecule has 2 aromatic carbocycles. The number of hydrogen-bond donors (Lipinski definition) is 0. The van der Waals surface area contributed by atoms with E-state index < -0.39 is 0 Å². The fourth-order valence-electron chi connectivity index (χ4n) is 4.23. The third-order valence-corrected chi connectivity index (χ3v) is 5.84. The van der Waals surface area contributed by atoms with Crippen LogP contribution in [0.15, 0.2) is 42.5 Å². The minimum Gasteiger partial charge on any atom is -0.289 e. The van der Waals surface area contributed by atoms with E-state index in [2.05, 4.69) is 6.92 Å². The molecule has 0 amide bonds. The Bertz CT molecular complexity index is 825. The molecule has 0 saturated heterocycles. The van der Waals surface area contributed by atoms with Crippen molar-refractivity contribution in [2.24, 2.45) is 0 Å². The Kier molecular flexibility index (Phi) is 10.3. The maximum atomic E-state index is 13.0. The number of unbranched alkanes of at least 4 members (excludes halogenated alkanes) is 9. The number of hydrogen-bond acceptors (Lipinski definition) is 2. The van der Waals surface area contributed by atoms with Crippen LogP contribution in [0.2, 0.25) is 0 Å². The smallest absolute Gasteiger partial charge is 0.194 e. The molecule has 2 aromatic rings. The first-order valence-electron chi connectivity index (χ1n) is 11.0. The van der Waals surface area contributed by atoms with Crippen LogP contribution in [0.4, 0.5) is 0 Å². The van der Waals surface area contributed by atoms with Crippen LogP contribution in [0.1, 0.15) is 109 Å². The van der Waals surface area contributed by atoms with E-state index in [0.717, 1.165) is 18.4 Å². The van der Waals surface area contributed by atoms with Gasteiger partial charge in [-0.1, -0.05) is 107 Å². The van der Waals surface area contributed by atoms with Crippen molar-refractivity contribution in [1.82, 2.24) is 0 Å². The summed E-state index contributed by atoms with van der Waals surface area (Å²) >= 11 is 0. The Hall–Kier alpha value is -1.22. The quantitative estimate of drug-likeness (QED) is 0.271. The third-order valence-electron chi connectivity index (χ3n) is 5.84. The molecule has 0 atom stereocenters. The molecule has 29 heavy (non-hydrogen) atoms. The minimum atomic E-state index is -0.0184. The van der Waals surface area contributed by atoms with E-state index in [1.54, 1.807) is 18.2 Å². The molecule has 0 saturated carbocycles. The van der Waals surface area contributed by atoms with Crippen molar-refractivity contribution in [2.45, 2.75) is 77.6 Å². The van der Waals surface area contributed by atoms with E-state index in [1.807, 2.05) is 24.3 Å². The number of rotatable bonds is 11. The second-order valence-corrected chi connectivity index (χ2v) is 7.98. The Labute approximate surface area is 197 Å². The molecule has 1 aliphatic carbocycles. The molecule has 2 nitrogen and oxygen atoms in total. The van der Waals surface area contributed by atoms with Gasteiger partial charge in [0.25, 0.3) is 0 Å². The first-order valence-corrected chi connectivity index (χ1v) is 11.0. The zero-order valence-electron chi connectivity index (χ0n) is 18.1. The van der Waals surface area contributed by atoms with Crippen LogP contribution in [0.3, 0.4) is 0 Å². The summed E-state index contributed by atoms with van der Waals surface area (Å²) in [7, 11) is 0. The van der Waals surface area contributed by atoms with Crippen LogP contribution in [-0.2, 0) is 6.42 Å². The fraction of sp³-hybridized carbons (Fsp3) is 0.462. The number of fused-ring (bicyclic) bond motifs is 2. The predicted octanol–water partition coefficient (Wildman–Crippen LogP) is 6.54. The largest absolute Gasteiger partial charge is 0.289 e. The van der Waals surface area contributed by atoms with Gasteiger partial charge in [-0.15, -0.1) is 0 Å². The topological polar surface area (TPSA) is 34.1 Å². The number of carbonyl (C=O) groups excluding carboxylic acids is 2. The average molecular weight is 400 g/mol. The molecular formula is C26H32NaO2. The van der Waals surface area contributed by atoms with Gasteiger partial charge in [-0.3, -0.25) is 9.59 Å². The standard InChI is InChI=1S/C26H32O2.Na/c1-2-3-4-5-6-7-8-9-10-11-15-20-16-14-19-23-24(20)26(28)22-18-13-12-17-21(22)25(23)27;/h12-14,16-19H,2-11,15H2,1H3;. The molecule has 0 aliphatic heterocycles. The zero-order valence-corrected chi connectivity index (χ0v) is 20.1. The monoisotopic (exact) mass is 399 g/mol. The van der Waals surface area contributed by atoms with E-state index >= 15 is 0 Å². The van der Waals surface area contributed by atoms with Gasteiger partial charge in [0.15, 0.2) is 11.6 Å². The SMILES string of the molecule is CCCCCCCCCCCCc1cccc2c1C(=O)c1ccccc1C2=O.[Na]. The molecular weight excluding hydrogens is 367 g/mol. The molecule has 0 N–H and O–H groups in total. The van der Waals surface area contributed by atoms with Crippen LogP contribution in [0, 0.1) is 0 Å². The van der Waals surface area contributed by atoms with Gasteiger partial charge < -0.3 is 0 Å². The maximum Gasteiger partial charge on any atom is 0.194 e. The molecule has 0 bridgehead atoms. The van der Waals surface area contributed by atoms with E-state index in [1.165, 1.54) is 57.8 Å². The summed E-state index contributed by atoms with van der Waals surface area (Å²) in [5.74, 6) is -0.0111. The summed E-state index contributed by atoms with van der Waals surface area (Å²) in [6.07, 6.45) is 13.9. The fourth-order valence-corrected chi connectivity index (χ4v) is 4.23. The normalized spacial score (nSPS) is 12.3. The molecule has 149 valence electrons. The van der Waals surface area contributed by atoms with Crippen LogP contribution in [0.25, 0.3) is 0 Å². The van der Waals surface area contributed by atoms with Gasteiger partial charge in [-0.2, -0.15) is 0 Å². The number of aryl methyl sites for hydroxylation is 1. The van der Waals surface area contributed by atoms with Crippen molar-refractivity contribution >= 4 is 41.1 Å². The Morgan fingerprint density at radius 3 is 1.72 bits per heavy atom. The van der Waals surface area contributed by atoms with E-state index in [0.29, 0.717) is 22.3 Å². The summed E-state index contributed by atoms with van der Waals surface area (Å²) < 4.78 is 0. The Morgan fingerprint density at radius 1 is 0.586 bits per heavy atom. The molecule has 1 aliphatic rings. The maximum absolute atomic E-state index is 13.0. The summed E-state index contributed by atoms with van der Waals surface area (Å²) in [4.78, 5) is 25.8. The van der Waals surface area contributed by atoms with Crippen LogP contribution < -0.4 is 0 Å². The molecule has 0 spiro atoms. The molecule has 0 heterocycles. The summed E-state index contributed by atoms with van der Waals surface area (Å²) in [6.45, 7) is 2.26. The van der Waals surface area contributed by atoms with Crippen molar-refractivity contribution in [3.63, 3.8) is 0 Å². The summed E-state index contributed by atoms with van der Waals surface area (Å²) in [6, 6.07) is 12.9. The van der Waals surface area contributed by atoms with E-state index in [9.17, 15) is 9.59 Å². The Morgan fingerprint density at radius 2 is 1.10 bits per heavy atom. The molecule has 3 rings (SSSR count). The Balaban J connectivity index is 0.00000300. The van der Waals surface area contributed by atoms with Gasteiger partial charge in [-0.25, -0.2) is 0 Å². The number of benzene rings is 2. The van der Waals surface area contributed by atoms with E-state index in [-0.39, 0.29) is 41.1 Å². The van der Waals surface area contributed by atoms with Crippen molar-refractivity contribution in [1.29, 1.82) is 0 Å². The van der Waals surface area contributed by atoms with Gasteiger partial charge in [-0.05, 0) is 18.4 Å². The second-order valence-electron chi connectivity index (χ2n) is 7.98. The van der Waals surface area contributed by atoms with Gasteiger partial charge in [0, 0.05) is 51.8 Å². The summed E-state index contributed by atoms with van der Waals surface area (Å²) in [5, 5.41) is 0. The van der Waals surface area contributed by atoms with Crippen molar-refractivity contribution in [3.8, 4) is 0 Å². The van der Waals surface area contributed by atoms with Crippen molar-refractivity contribution in [2.75, 3.05) is 0 Å². The minimum absolute atomic E-state index is 0. The first-order chi connectivity index (χ1) is 13.7. The van der Waals surface area contributed by atoms with Crippen LogP contribution in [-0.4, -0.2) is 41.1 Å². The van der Waals surface area contributed by atoms with Gasteiger partial charge in [0.2, 0.25) is 0 Å². The predicted molar refractivity (Wildman–Crippen MR) is 121 cm³/mol. The van der Waals surface area contributed by atoms with Gasteiger partial charge in [0.1, 0.15) is 0 Å². The van der Waals surface area contributed by atoms with Crippen molar-refractivity contribution in [3.05, 3.63) is 70.3 Å². The molecule has 1 radical (unpaired) electrons. The van der Waals surface area contributed by atoms with Crippen LogP contribution >= 0.6 is 0 Å². The van der Waals surface area contributed by atoms with Gasteiger partial charge in [0.05, 0.1) is 0 Å². The van der Waals surface area contributed by atoms with Crippen LogP contribution in [0.5, 0.6) is 0 Å². The molecule has 3 heteroatoms. The average Bonchev–Trinajstić information content (AvgIpc) is 2.73. The molecule has 0 aromatic heterocycles. The van der Waals surface area contributed by atoms with Gasteiger partial charge >= 0.3 is 0 Å². The number of ketones is 2.